The Balaban J connectivity index is 1.45. The van der Waals surface area contributed by atoms with E-state index < -0.39 is 0 Å². The predicted octanol–water partition coefficient (Wildman–Crippen LogP) is 1.31. The van der Waals surface area contributed by atoms with Gasteiger partial charge in [-0.15, -0.1) is 0 Å². The molecule has 24 heavy (non-hydrogen) atoms. The molecule has 0 bridgehead atoms. The molecule has 3 rings (SSSR count). The molecule has 2 aliphatic heterocycles. The van der Waals surface area contributed by atoms with E-state index in [9.17, 15) is 4.79 Å². The van der Waals surface area contributed by atoms with Crippen molar-refractivity contribution < 1.29 is 4.79 Å². The highest BCUT2D eigenvalue weighted by Gasteiger charge is 2.31. The maximum atomic E-state index is 12.4. The summed E-state index contributed by atoms with van der Waals surface area (Å²) >= 11 is 0. The normalized spacial score (nSPS) is 22.8. The molecule has 1 aromatic rings. The van der Waals surface area contributed by atoms with Gasteiger partial charge >= 0.3 is 6.03 Å². The fraction of sp³-hybridized carbons (Fsp3) is 0.667. The Labute approximate surface area is 144 Å². The second-order valence-corrected chi connectivity index (χ2v) is 6.82. The third-order valence-electron chi connectivity index (χ3n) is 5.39. The lowest BCUT2D eigenvalue weighted by atomic mass is 10.1. The Bertz CT molecular complexity index is 556. The summed E-state index contributed by atoms with van der Waals surface area (Å²) < 4.78 is 0. The van der Waals surface area contributed by atoms with Crippen LogP contribution in [-0.2, 0) is 6.54 Å². The zero-order valence-electron chi connectivity index (χ0n) is 14.9. The van der Waals surface area contributed by atoms with Crippen molar-refractivity contribution in [2.45, 2.75) is 32.9 Å². The van der Waals surface area contributed by atoms with Gasteiger partial charge in [-0.25, -0.2) is 4.79 Å². The number of likely N-dealkylation sites (N-methyl/N-ethyl adjacent to an activating group) is 1. The quantitative estimate of drug-likeness (QED) is 0.904. The summed E-state index contributed by atoms with van der Waals surface area (Å²) in [5.74, 6) is 0. The second kappa shape index (κ2) is 7.94. The molecule has 0 radical (unpaired) electrons. The number of aryl methyl sites for hydroxylation is 1. The van der Waals surface area contributed by atoms with Crippen LogP contribution in [0.1, 0.15) is 24.5 Å². The van der Waals surface area contributed by atoms with Crippen molar-refractivity contribution in [1.82, 2.24) is 25.0 Å². The van der Waals surface area contributed by atoms with E-state index in [2.05, 4.69) is 27.0 Å². The number of carbonyl (C=O) groups is 1. The molecule has 3 heterocycles. The van der Waals surface area contributed by atoms with E-state index in [1.54, 1.807) is 6.20 Å². The first-order valence-electron chi connectivity index (χ1n) is 9.06. The molecular formula is C18H29N5O. The number of rotatable bonds is 4. The lowest BCUT2D eigenvalue weighted by Gasteiger charge is -2.37. The Morgan fingerprint density at radius 2 is 2.08 bits per heavy atom. The first kappa shape index (κ1) is 17.2. The average molecular weight is 331 g/mol. The van der Waals surface area contributed by atoms with Crippen molar-refractivity contribution in [3.8, 4) is 0 Å². The molecule has 2 saturated heterocycles. The number of aromatic nitrogens is 1. The van der Waals surface area contributed by atoms with Crippen molar-refractivity contribution in [2.24, 2.45) is 0 Å². The number of carbonyl (C=O) groups excluding carboxylic acids is 1. The van der Waals surface area contributed by atoms with E-state index in [1.165, 1.54) is 0 Å². The van der Waals surface area contributed by atoms with Crippen molar-refractivity contribution in [2.75, 3.05) is 45.8 Å². The summed E-state index contributed by atoms with van der Waals surface area (Å²) in [4.78, 5) is 23.5. The molecule has 132 valence electrons. The van der Waals surface area contributed by atoms with Crippen molar-refractivity contribution in [3.05, 3.63) is 29.6 Å². The highest BCUT2D eigenvalue weighted by atomic mass is 16.2. The summed E-state index contributed by atoms with van der Waals surface area (Å²) in [6.45, 7) is 12.2. The van der Waals surface area contributed by atoms with E-state index in [0.29, 0.717) is 12.6 Å². The number of likely N-dealkylation sites (tertiary alicyclic amines) is 1. The van der Waals surface area contributed by atoms with Crippen LogP contribution in [0.25, 0.3) is 0 Å². The van der Waals surface area contributed by atoms with Crippen LogP contribution >= 0.6 is 0 Å². The number of nitrogens with zero attached hydrogens (tertiary/aromatic N) is 4. The highest BCUT2D eigenvalue weighted by Crippen LogP contribution is 2.17. The zero-order valence-corrected chi connectivity index (χ0v) is 14.9. The van der Waals surface area contributed by atoms with Gasteiger partial charge in [0.1, 0.15) is 0 Å². The van der Waals surface area contributed by atoms with Crippen molar-refractivity contribution >= 4 is 6.03 Å². The summed E-state index contributed by atoms with van der Waals surface area (Å²) in [6.07, 6.45) is 4.70. The maximum Gasteiger partial charge on any atom is 0.317 e. The average Bonchev–Trinajstić information content (AvgIpc) is 3.11. The summed E-state index contributed by atoms with van der Waals surface area (Å²) in [5, 5.41) is 3.05. The van der Waals surface area contributed by atoms with Crippen LogP contribution in [0, 0.1) is 6.92 Å². The Kier molecular flexibility index (Phi) is 5.68. The van der Waals surface area contributed by atoms with Gasteiger partial charge in [-0.3, -0.25) is 9.88 Å². The number of pyridine rings is 1. The predicted molar refractivity (Wildman–Crippen MR) is 94.9 cm³/mol. The van der Waals surface area contributed by atoms with E-state index in [4.69, 9.17) is 0 Å². The Morgan fingerprint density at radius 3 is 2.79 bits per heavy atom. The van der Waals surface area contributed by atoms with Crippen LogP contribution in [-0.4, -0.2) is 77.6 Å². The minimum atomic E-state index is 0.0564. The van der Waals surface area contributed by atoms with E-state index >= 15 is 0 Å². The topological polar surface area (TPSA) is 51.7 Å². The molecule has 2 aliphatic rings. The van der Waals surface area contributed by atoms with Gasteiger partial charge < -0.3 is 15.1 Å². The molecule has 0 unspecified atom stereocenters. The van der Waals surface area contributed by atoms with Gasteiger partial charge in [-0.05, 0) is 37.1 Å². The molecule has 0 aromatic carbocycles. The fourth-order valence-corrected chi connectivity index (χ4v) is 3.65. The molecule has 1 atom stereocenters. The molecule has 2 amide bonds. The summed E-state index contributed by atoms with van der Waals surface area (Å²) in [6, 6.07) is 2.55. The van der Waals surface area contributed by atoms with E-state index in [0.717, 1.165) is 63.4 Å². The van der Waals surface area contributed by atoms with Gasteiger partial charge in [0.2, 0.25) is 0 Å². The third kappa shape index (κ3) is 4.05. The molecule has 6 nitrogen and oxygen atoms in total. The standard InChI is InChI=1S/C18H29N5O/c1-3-21-8-10-22(11-9-21)17-5-7-23(14-17)18(24)20-13-16-4-6-19-12-15(16)2/h4,6,12,17H,3,5,7-11,13-14H2,1-2H3,(H,20,24)/t17-/m0/s1. The fourth-order valence-electron chi connectivity index (χ4n) is 3.65. The third-order valence-corrected chi connectivity index (χ3v) is 5.39. The number of piperazine rings is 1. The molecule has 6 heteroatoms. The monoisotopic (exact) mass is 331 g/mol. The molecule has 2 fully saturated rings. The SMILES string of the molecule is CCN1CCN([C@H]2CCN(C(=O)NCc3ccncc3C)C2)CC1. The van der Waals surface area contributed by atoms with Crippen LogP contribution in [0.5, 0.6) is 0 Å². The van der Waals surface area contributed by atoms with Gasteiger partial charge in [0, 0.05) is 64.2 Å². The second-order valence-electron chi connectivity index (χ2n) is 6.82. The summed E-state index contributed by atoms with van der Waals surface area (Å²) in [7, 11) is 0. The van der Waals surface area contributed by atoms with Gasteiger partial charge in [0.15, 0.2) is 0 Å². The Hall–Kier alpha value is -1.66. The van der Waals surface area contributed by atoms with E-state index in [-0.39, 0.29) is 6.03 Å². The van der Waals surface area contributed by atoms with Crippen molar-refractivity contribution in [1.29, 1.82) is 0 Å². The van der Waals surface area contributed by atoms with Crippen LogP contribution in [0.4, 0.5) is 4.79 Å². The van der Waals surface area contributed by atoms with Crippen LogP contribution in [0.3, 0.4) is 0 Å². The zero-order chi connectivity index (χ0) is 16.9. The molecule has 1 N–H and O–H groups in total. The largest absolute Gasteiger partial charge is 0.334 e. The van der Waals surface area contributed by atoms with Crippen molar-refractivity contribution in [3.63, 3.8) is 0 Å². The van der Waals surface area contributed by atoms with Gasteiger partial charge in [0.25, 0.3) is 0 Å². The smallest absolute Gasteiger partial charge is 0.317 e. The first-order chi connectivity index (χ1) is 11.7. The molecule has 1 aromatic heterocycles. The van der Waals surface area contributed by atoms with Gasteiger partial charge in [0.05, 0.1) is 0 Å². The number of urea groups is 1. The minimum Gasteiger partial charge on any atom is -0.334 e. The lowest BCUT2D eigenvalue weighted by Crippen LogP contribution is -2.51. The van der Waals surface area contributed by atoms with Crippen LogP contribution in [0.15, 0.2) is 18.5 Å². The summed E-state index contributed by atoms with van der Waals surface area (Å²) in [5.41, 5.74) is 2.25. The highest BCUT2D eigenvalue weighted by molar-refractivity contribution is 5.74. The molecule has 0 spiro atoms. The van der Waals surface area contributed by atoms with E-state index in [1.807, 2.05) is 24.1 Å². The number of nitrogens with one attached hydrogen (secondary N) is 1. The molecular weight excluding hydrogens is 302 g/mol. The number of hydrogen-bond acceptors (Lipinski definition) is 4. The Morgan fingerprint density at radius 1 is 1.29 bits per heavy atom. The molecule has 0 aliphatic carbocycles. The number of hydrogen-bond donors (Lipinski definition) is 1. The minimum absolute atomic E-state index is 0.0564. The van der Waals surface area contributed by atoms with Gasteiger partial charge in [-0.1, -0.05) is 6.92 Å². The lowest BCUT2D eigenvalue weighted by molar-refractivity contribution is 0.102. The molecule has 0 saturated carbocycles. The van der Waals surface area contributed by atoms with Crippen LogP contribution < -0.4 is 5.32 Å². The maximum absolute atomic E-state index is 12.4. The van der Waals surface area contributed by atoms with Crippen LogP contribution in [0.2, 0.25) is 0 Å². The number of amides is 2. The first-order valence-corrected chi connectivity index (χ1v) is 9.06. The van der Waals surface area contributed by atoms with Gasteiger partial charge in [-0.2, -0.15) is 0 Å².